The van der Waals surface area contributed by atoms with Crippen molar-refractivity contribution in [3.63, 3.8) is 0 Å². The van der Waals surface area contributed by atoms with E-state index in [1.807, 2.05) is 114 Å². The van der Waals surface area contributed by atoms with Crippen molar-refractivity contribution in [3.05, 3.63) is 132 Å². The van der Waals surface area contributed by atoms with Crippen molar-refractivity contribution in [2.24, 2.45) is 21.7 Å². The first-order chi connectivity index (χ1) is 22.0. The summed E-state index contributed by atoms with van der Waals surface area (Å²) in [7, 11) is 0. The zero-order valence-corrected chi connectivity index (χ0v) is 28.9. The zero-order chi connectivity index (χ0) is 34.0. The summed E-state index contributed by atoms with van der Waals surface area (Å²) >= 11 is 0. The third kappa shape index (κ3) is 4.91. The van der Waals surface area contributed by atoms with Gasteiger partial charge >= 0.3 is 0 Å². The predicted molar refractivity (Wildman–Crippen MR) is 184 cm³/mol. The van der Waals surface area contributed by atoms with Crippen LogP contribution in [0.1, 0.15) is 79.4 Å². The Kier molecular flexibility index (Phi) is 7.71. The molecule has 4 aromatic rings. The van der Waals surface area contributed by atoms with E-state index in [1.54, 1.807) is 48.5 Å². The molecular formula is C42H48F2O3. The Hall–Kier alpha value is -3.70. The minimum atomic E-state index is -2.13. The van der Waals surface area contributed by atoms with Gasteiger partial charge in [-0.15, -0.1) is 0 Å². The molecule has 0 aliphatic heterocycles. The number of para-hydroxylation sites is 2. The van der Waals surface area contributed by atoms with Gasteiger partial charge < -0.3 is 14.2 Å². The maximum Gasteiger partial charge on any atom is 0.279 e. The third-order valence-electron chi connectivity index (χ3n) is 12.5. The molecule has 2 fully saturated rings. The quantitative estimate of drug-likeness (QED) is 0.155. The molecule has 3 nitrogen and oxygen atoms in total. The van der Waals surface area contributed by atoms with Crippen molar-refractivity contribution in [2.45, 2.75) is 91.1 Å². The highest BCUT2D eigenvalue weighted by Crippen LogP contribution is 2.80. The molecule has 0 heterocycles. The van der Waals surface area contributed by atoms with Gasteiger partial charge in [0.25, 0.3) is 11.7 Å². The molecule has 2 saturated carbocycles. The van der Waals surface area contributed by atoms with Gasteiger partial charge in [-0.05, 0) is 64.8 Å². The van der Waals surface area contributed by atoms with Crippen molar-refractivity contribution in [3.8, 4) is 11.5 Å². The van der Waals surface area contributed by atoms with E-state index in [9.17, 15) is 0 Å². The maximum atomic E-state index is 17.8. The Morgan fingerprint density at radius 2 is 0.723 bits per heavy atom. The largest absolute Gasteiger partial charge is 0.453 e. The van der Waals surface area contributed by atoms with Crippen molar-refractivity contribution in [1.29, 1.82) is 0 Å². The minimum Gasteiger partial charge on any atom is -0.453 e. The molecule has 0 radical (unpaired) electrons. The lowest BCUT2D eigenvalue weighted by Gasteiger charge is -2.48. The Bertz CT molecular complexity index is 1570. The van der Waals surface area contributed by atoms with Crippen LogP contribution in [0.2, 0.25) is 0 Å². The fraction of sp³-hybridized carbons (Fsp3) is 0.429. The molecule has 0 aromatic heterocycles. The predicted octanol–water partition coefficient (Wildman–Crippen LogP) is 11.2. The lowest BCUT2D eigenvalue weighted by Crippen LogP contribution is -2.53. The second kappa shape index (κ2) is 10.9. The van der Waals surface area contributed by atoms with E-state index in [2.05, 4.69) is 13.8 Å². The number of alkyl halides is 2. The molecule has 6 atom stereocenters. The lowest BCUT2D eigenvalue weighted by molar-refractivity contribution is -0.227. The minimum absolute atomic E-state index is 0.466. The highest BCUT2D eigenvalue weighted by molar-refractivity contribution is 5.37. The van der Waals surface area contributed by atoms with Gasteiger partial charge in [0, 0.05) is 22.0 Å². The number of rotatable bonds is 12. The average Bonchev–Trinajstić information content (AvgIpc) is 3.88. The summed E-state index contributed by atoms with van der Waals surface area (Å²) in [5.41, 5.74) is -3.85. The molecule has 0 spiro atoms. The highest BCUT2D eigenvalue weighted by atomic mass is 19.2. The van der Waals surface area contributed by atoms with E-state index in [4.69, 9.17) is 14.2 Å². The lowest BCUT2D eigenvalue weighted by atomic mass is 9.73. The second-order valence-corrected chi connectivity index (χ2v) is 15.6. The van der Waals surface area contributed by atoms with Crippen LogP contribution in [0.3, 0.4) is 0 Å². The summed E-state index contributed by atoms with van der Waals surface area (Å²) in [5.74, 6) is -3.32. The van der Waals surface area contributed by atoms with E-state index in [-0.39, 0.29) is 0 Å². The maximum absolute atomic E-state index is 17.8. The molecular weight excluding hydrogens is 590 g/mol. The van der Waals surface area contributed by atoms with E-state index in [0.717, 1.165) is 0 Å². The zero-order valence-electron chi connectivity index (χ0n) is 28.9. The van der Waals surface area contributed by atoms with Gasteiger partial charge in [-0.1, -0.05) is 125 Å². The van der Waals surface area contributed by atoms with Crippen molar-refractivity contribution >= 4 is 0 Å². The van der Waals surface area contributed by atoms with Crippen LogP contribution in [0.15, 0.2) is 121 Å². The van der Waals surface area contributed by atoms with Gasteiger partial charge in [-0.3, -0.25) is 0 Å². The summed E-state index contributed by atoms with van der Waals surface area (Å²) in [6.45, 7) is 16.2. The van der Waals surface area contributed by atoms with Gasteiger partial charge in [0.1, 0.15) is 11.5 Å². The van der Waals surface area contributed by atoms with Crippen LogP contribution in [-0.2, 0) is 16.4 Å². The fourth-order valence-electron chi connectivity index (χ4n) is 8.47. The fourth-order valence-corrected chi connectivity index (χ4v) is 8.47. The normalized spacial score (nSPS) is 29.7. The molecule has 4 aromatic carbocycles. The number of ether oxygens (including phenoxy) is 3. The number of benzene rings is 4. The number of hydrogen-bond acceptors (Lipinski definition) is 3. The summed E-state index contributed by atoms with van der Waals surface area (Å²) in [6, 6.07) is 36.6. The first-order valence-corrected chi connectivity index (χ1v) is 16.7. The van der Waals surface area contributed by atoms with Crippen LogP contribution >= 0.6 is 0 Å². The second-order valence-electron chi connectivity index (χ2n) is 15.6. The molecule has 0 amide bonds. The molecule has 47 heavy (non-hydrogen) atoms. The van der Waals surface area contributed by atoms with Crippen LogP contribution in [-0.4, -0.2) is 11.2 Å². The Balaban J connectivity index is 1.32. The summed E-state index contributed by atoms with van der Waals surface area (Å²) in [5, 5.41) is 0. The molecule has 2 aliphatic carbocycles. The van der Waals surface area contributed by atoms with Crippen molar-refractivity contribution in [2.75, 3.05) is 0 Å². The summed E-state index contributed by atoms with van der Waals surface area (Å²) < 4.78 is 55.4. The first kappa shape index (κ1) is 33.2. The van der Waals surface area contributed by atoms with Crippen LogP contribution in [0.5, 0.6) is 11.5 Å². The molecule has 0 saturated heterocycles. The van der Waals surface area contributed by atoms with Gasteiger partial charge in [0.15, 0.2) is 0 Å². The van der Waals surface area contributed by atoms with Gasteiger partial charge in [-0.2, -0.15) is 8.78 Å². The molecule has 0 bridgehead atoms. The standard InChI is InChI=1S/C42H48F2O3/c1-35(2,37(5)29-39(37,7)41(43,31-21-13-9-14-22-31)45-33-25-17-11-18-26-33)47-36(3,4)38(6)30-40(38,8)42(44,32-23-15-10-16-24-32)46-34-27-19-12-20-28-34/h9-28H,29-30H2,1-8H3. The molecule has 248 valence electrons. The SMILES string of the molecule is CC(C)(OC(C)(C)C1(C)CC1(C)C(F)(Oc1ccccc1)c1ccccc1)C1(C)CC1(C)C(F)(Oc1ccccc1)c1ccccc1. The molecule has 2 aliphatic rings. The van der Waals surface area contributed by atoms with Crippen molar-refractivity contribution in [1.82, 2.24) is 0 Å². The van der Waals surface area contributed by atoms with Crippen LogP contribution in [0, 0.1) is 21.7 Å². The molecule has 6 unspecified atom stereocenters. The summed E-state index contributed by atoms with van der Waals surface area (Å²) in [6.07, 6.45) is 1.06. The van der Waals surface area contributed by atoms with Crippen LogP contribution in [0.25, 0.3) is 0 Å². The van der Waals surface area contributed by atoms with Gasteiger partial charge in [0.2, 0.25) is 0 Å². The van der Waals surface area contributed by atoms with E-state index in [1.165, 1.54) is 0 Å². The highest BCUT2D eigenvalue weighted by Gasteiger charge is 2.82. The van der Waals surface area contributed by atoms with Gasteiger partial charge in [-0.25, -0.2) is 0 Å². The van der Waals surface area contributed by atoms with E-state index in [0.29, 0.717) is 35.5 Å². The molecule has 0 N–H and O–H groups in total. The Morgan fingerprint density at radius 3 is 1.02 bits per heavy atom. The van der Waals surface area contributed by atoms with Crippen LogP contribution in [0.4, 0.5) is 8.78 Å². The molecule has 5 heteroatoms. The van der Waals surface area contributed by atoms with E-state index >= 15 is 8.78 Å². The van der Waals surface area contributed by atoms with E-state index < -0.39 is 44.6 Å². The third-order valence-corrected chi connectivity index (χ3v) is 12.5. The average molecular weight is 639 g/mol. The number of hydrogen-bond donors (Lipinski definition) is 0. The smallest absolute Gasteiger partial charge is 0.279 e. The molecule has 6 rings (SSSR count). The van der Waals surface area contributed by atoms with Crippen LogP contribution < -0.4 is 9.47 Å². The summed E-state index contributed by atoms with van der Waals surface area (Å²) in [4.78, 5) is 0. The Morgan fingerprint density at radius 1 is 0.447 bits per heavy atom. The first-order valence-electron chi connectivity index (χ1n) is 16.7. The topological polar surface area (TPSA) is 27.7 Å². The van der Waals surface area contributed by atoms with Crippen molar-refractivity contribution < 1.29 is 23.0 Å². The van der Waals surface area contributed by atoms with Gasteiger partial charge in [0.05, 0.1) is 22.0 Å². The number of halogens is 2. The monoisotopic (exact) mass is 638 g/mol. The Labute approximate surface area is 279 Å².